The van der Waals surface area contributed by atoms with Crippen molar-refractivity contribution in [1.29, 1.82) is 0 Å². The minimum absolute atomic E-state index is 0.255. The molecule has 0 atom stereocenters. The molecule has 3 aromatic rings. The fourth-order valence-corrected chi connectivity index (χ4v) is 4.13. The van der Waals surface area contributed by atoms with Crippen LogP contribution in [-0.4, -0.2) is 29.5 Å². The lowest BCUT2D eigenvalue weighted by Gasteiger charge is -2.16. The summed E-state index contributed by atoms with van der Waals surface area (Å²) in [5.41, 5.74) is 2.01. The largest absolute Gasteiger partial charge is 0.493 e. The summed E-state index contributed by atoms with van der Waals surface area (Å²) in [6.07, 6.45) is 1.39. The van der Waals surface area contributed by atoms with E-state index in [9.17, 15) is 5.11 Å². The van der Waals surface area contributed by atoms with Crippen LogP contribution >= 0.6 is 15.9 Å². The SMILES string of the molecule is COc1ccc(Cc2noc(C3(O)Cc4ccccc4C3)n2)c(Br)c1OC. The van der Waals surface area contributed by atoms with E-state index < -0.39 is 5.60 Å². The highest BCUT2D eigenvalue weighted by Gasteiger charge is 2.41. The summed E-state index contributed by atoms with van der Waals surface area (Å²) < 4.78 is 16.9. The highest BCUT2D eigenvalue weighted by molar-refractivity contribution is 9.10. The molecule has 1 aromatic heterocycles. The normalized spacial score (nSPS) is 14.8. The Labute approximate surface area is 165 Å². The van der Waals surface area contributed by atoms with Gasteiger partial charge in [-0.3, -0.25) is 0 Å². The molecule has 4 rings (SSSR count). The number of aromatic nitrogens is 2. The molecule has 0 bridgehead atoms. The second kappa shape index (κ2) is 6.98. The lowest BCUT2D eigenvalue weighted by atomic mass is 10.0. The van der Waals surface area contributed by atoms with Crippen molar-refractivity contribution >= 4 is 15.9 Å². The van der Waals surface area contributed by atoms with Gasteiger partial charge in [0.1, 0.15) is 0 Å². The van der Waals surface area contributed by atoms with Gasteiger partial charge >= 0.3 is 0 Å². The monoisotopic (exact) mass is 430 g/mol. The van der Waals surface area contributed by atoms with E-state index >= 15 is 0 Å². The third kappa shape index (κ3) is 3.21. The second-order valence-corrected chi connectivity index (χ2v) is 7.41. The Hall–Kier alpha value is -2.38. The van der Waals surface area contributed by atoms with Crippen molar-refractivity contribution < 1.29 is 19.1 Å². The number of benzene rings is 2. The molecule has 27 heavy (non-hydrogen) atoms. The molecular formula is C20H19BrN2O4. The summed E-state index contributed by atoms with van der Waals surface area (Å²) in [7, 11) is 3.18. The number of ether oxygens (including phenoxy) is 2. The van der Waals surface area contributed by atoms with E-state index in [1.54, 1.807) is 14.2 Å². The third-order valence-electron chi connectivity index (χ3n) is 4.86. The molecule has 0 radical (unpaired) electrons. The first-order valence-corrected chi connectivity index (χ1v) is 9.35. The molecule has 0 spiro atoms. The molecule has 0 aliphatic heterocycles. The molecule has 0 unspecified atom stereocenters. The first-order valence-electron chi connectivity index (χ1n) is 8.55. The Morgan fingerprint density at radius 3 is 2.44 bits per heavy atom. The first kappa shape index (κ1) is 18.0. The van der Waals surface area contributed by atoms with Gasteiger partial charge in [-0.15, -0.1) is 0 Å². The number of aliphatic hydroxyl groups is 1. The summed E-state index contributed by atoms with van der Waals surface area (Å²) in [4.78, 5) is 4.46. The molecule has 1 heterocycles. The molecule has 0 amide bonds. The van der Waals surface area contributed by atoms with Crippen LogP contribution in [0.1, 0.15) is 28.4 Å². The Morgan fingerprint density at radius 1 is 1.11 bits per heavy atom. The van der Waals surface area contributed by atoms with Gasteiger partial charge in [0.25, 0.3) is 5.89 Å². The minimum Gasteiger partial charge on any atom is -0.493 e. The summed E-state index contributed by atoms with van der Waals surface area (Å²) in [5.74, 6) is 2.01. The van der Waals surface area contributed by atoms with Crippen molar-refractivity contribution in [3.8, 4) is 11.5 Å². The smallest absolute Gasteiger partial charge is 0.259 e. The zero-order valence-electron chi connectivity index (χ0n) is 15.0. The van der Waals surface area contributed by atoms with Crippen LogP contribution in [0.15, 0.2) is 45.4 Å². The summed E-state index contributed by atoms with van der Waals surface area (Å²) in [6.45, 7) is 0. The molecule has 140 valence electrons. The van der Waals surface area contributed by atoms with E-state index in [0.29, 0.717) is 36.6 Å². The van der Waals surface area contributed by atoms with Crippen LogP contribution in [0.2, 0.25) is 0 Å². The number of hydrogen-bond acceptors (Lipinski definition) is 6. The molecule has 1 aliphatic carbocycles. The number of fused-ring (bicyclic) bond motifs is 1. The van der Waals surface area contributed by atoms with Crippen LogP contribution in [-0.2, 0) is 24.9 Å². The summed E-state index contributed by atoms with van der Waals surface area (Å²) in [6, 6.07) is 11.7. The van der Waals surface area contributed by atoms with Crippen molar-refractivity contribution in [2.75, 3.05) is 14.2 Å². The topological polar surface area (TPSA) is 77.6 Å². The van der Waals surface area contributed by atoms with Crippen molar-refractivity contribution in [3.05, 3.63) is 69.3 Å². The number of nitrogens with zero attached hydrogens (tertiary/aromatic N) is 2. The van der Waals surface area contributed by atoms with Gasteiger partial charge in [0.2, 0.25) is 0 Å². The van der Waals surface area contributed by atoms with Gasteiger partial charge in [-0.25, -0.2) is 0 Å². The average Bonchev–Trinajstić information content (AvgIpc) is 3.27. The van der Waals surface area contributed by atoms with Crippen LogP contribution < -0.4 is 9.47 Å². The molecule has 6 nitrogen and oxygen atoms in total. The molecule has 1 aliphatic rings. The van der Waals surface area contributed by atoms with E-state index in [1.165, 1.54) is 0 Å². The van der Waals surface area contributed by atoms with Gasteiger partial charge in [-0.2, -0.15) is 4.98 Å². The predicted octanol–water partition coefficient (Wildman–Crippen LogP) is 3.43. The Kier molecular flexibility index (Phi) is 4.65. The predicted molar refractivity (Wildman–Crippen MR) is 102 cm³/mol. The summed E-state index contributed by atoms with van der Waals surface area (Å²) >= 11 is 3.55. The fraction of sp³-hybridized carbons (Fsp3) is 0.300. The van der Waals surface area contributed by atoms with E-state index in [2.05, 4.69) is 26.1 Å². The number of halogens is 1. The van der Waals surface area contributed by atoms with Crippen molar-refractivity contribution in [3.63, 3.8) is 0 Å². The van der Waals surface area contributed by atoms with Crippen LogP contribution in [0.5, 0.6) is 11.5 Å². The zero-order valence-corrected chi connectivity index (χ0v) is 16.6. The highest BCUT2D eigenvalue weighted by Crippen LogP contribution is 2.39. The number of methoxy groups -OCH3 is 2. The van der Waals surface area contributed by atoms with Gasteiger partial charge < -0.3 is 19.1 Å². The minimum atomic E-state index is -1.15. The molecule has 0 fully saturated rings. The van der Waals surface area contributed by atoms with E-state index in [-0.39, 0.29) is 5.89 Å². The maximum atomic E-state index is 11.0. The van der Waals surface area contributed by atoms with Gasteiger partial charge in [0.15, 0.2) is 22.9 Å². The first-order chi connectivity index (χ1) is 13.0. The quantitative estimate of drug-likeness (QED) is 0.667. The molecule has 0 saturated carbocycles. The second-order valence-electron chi connectivity index (χ2n) is 6.62. The molecule has 0 saturated heterocycles. The molecule has 2 aromatic carbocycles. The van der Waals surface area contributed by atoms with Crippen LogP contribution in [0.4, 0.5) is 0 Å². The third-order valence-corrected chi connectivity index (χ3v) is 5.73. The molecule has 7 heteroatoms. The van der Waals surface area contributed by atoms with Gasteiger partial charge in [0, 0.05) is 19.3 Å². The van der Waals surface area contributed by atoms with Crippen LogP contribution in [0, 0.1) is 0 Å². The maximum Gasteiger partial charge on any atom is 0.259 e. The van der Waals surface area contributed by atoms with Crippen LogP contribution in [0.25, 0.3) is 0 Å². The summed E-state index contributed by atoms with van der Waals surface area (Å²) in [5, 5.41) is 15.1. The molecule has 1 N–H and O–H groups in total. The van der Waals surface area contributed by atoms with Gasteiger partial charge in [-0.05, 0) is 38.7 Å². The lowest BCUT2D eigenvalue weighted by molar-refractivity contribution is 0.0145. The van der Waals surface area contributed by atoms with Crippen molar-refractivity contribution in [2.45, 2.75) is 24.9 Å². The van der Waals surface area contributed by atoms with Crippen molar-refractivity contribution in [2.24, 2.45) is 0 Å². The van der Waals surface area contributed by atoms with E-state index in [1.807, 2.05) is 36.4 Å². The standard InChI is InChI=1S/C20H19BrN2O4/c1-25-15-8-7-12(17(21)18(15)26-2)9-16-22-19(27-23-16)20(24)10-13-5-3-4-6-14(13)11-20/h3-8,24H,9-11H2,1-2H3. The lowest BCUT2D eigenvalue weighted by Crippen LogP contribution is -2.26. The Bertz CT molecular complexity index is 961. The van der Waals surface area contributed by atoms with Crippen molar-refractivity contribution in [1.82, 2.24) is 10.1 Å². The van der Waals surface area contributed by atoms with E-state index in [4.69, 9.17) is 14.0 Å². The zero-order chi connectivity index (χ0) is 19.0. The van der Waals surface area contributed by atoms with Gasteiger partial charge in [0.05, 0.1) is 18.7 Å². The number of hydrogen-bond donors (Lipinski definition) is 1. The van der Waals surface area contributed by atoms with E-state index in [0.717, 1.165) is 21.2 Å². The number of rotatable bonds is 5. The Morgan fingerprint density at radius 2 is 1.81 bits per heavy atom. The Balaban J connectivity index is 1.58. The van der Waals surface area contributed by atoms with Gasteiger partial charge in [-0.1, -0.05) is 35.5 Å². The highest BCUT2D eigenvalue weighted by atomic mass is 79.9. The molecular weight excluding hydrogens is 412 g/mol. The fourth-order valence-electron chi connectivity index (χ4n) is 3.50. The van der Waals surface area contributed by atoms with Crippen LogP contribution in [0.3, 0.4) is 0 Å². The average molecular weight is 431 g/mol. The maximum absolute atomic E-state index is 11.0.